The zero-order valence-electron chi connectivity index (χ0n) is 10.6. The van der Waals surface area contributed by atoms with Gasteiger partial charge in [0.1, 0.15) is 0 Å². The summed E-state index contributed by atoms with van der Waals surface area (Å²) in [5.41, 5.74) is 1.33. The number of amides is 1. The molecular formula is C14H12Cl2N2O2. The standard InChI is InChI=1S/C14H12Cl2N2O2/c1-18(20)14(19)9-5-2-3-8-12(9)17-13-10(15)6-4-7-11(13)16/h2-8,17,20H,1H3. The summed E-state index contributed by atoms with van der Waals surface area (Å²) in [6.07, 6.45) is 0. The molecule has 0 radical (unpaired) electrons. The van der Waals surface area contributed by atoms with Crippen molar-refractivity contribution in [2.75, 3.05) is 12.4 Å². The number of halogens is 2. The molecule has 0 aliphatic carbocycles. The van der Waals surface area contributed by atoms with Crippen LogP contribution < -0.4 is 5.32 Å². The fourth-order valence-corrected chi connectivity index (χ4v) is 2.20. The summed E-state index contributed by atoms with van der Waals surface area (Å²) in [6, 6.07) is 11.9. The van der Waals surface area contributed by atoms with Gasteiger partial charge < -0.3 is 5.32 Å². The molecule has 0 saturated carbocycles. The van der Waals surface area contributed by atoms with Crippen molar-refractivity contribution in [1.82, 2.24) is 5.06 Å². The molecule has 2 aromatic carbocycles. The van der Waals surface area contributed by atoms with Crippen LogP contribution in [0.2, 0.25) is 10.0 Å². The van der Waals surface area contributed by atoms with Crippen molar-refractivity contribution in [1.29, 1.82) is 0 Å². The second-order valence-corrected chi connectivity index (χ2v) is 4.91. The number of anilines is 2. The van der Waals surface area contributed by atoms with Crippen molar-refractivity contribution in [3.8, 4) is 0 Å². The van der Waals surface area contributed by atoms with Gasteiger partial charge in [-0.15, -0.1) is 0 Å². The molecule has 0 saturated heterocycles. The lowest BCUT2D eigenvalue weighted by Gasteiger charge is -2.15. The minimum Gasteiger partial charge on any atom is -0.352 e. The van der Waals surface area contributed by atoms with Crippen molar-refractivity contribution >= 4 is 40.5 Å². The highest BCUT2D eigenvalue weighted by atomic mass is 35.5. The van der Waals surface area contributed by atoms with Crippen LogP contribution in [0.15, 0.2) is 42.5 Å². The Hall–Kier alpha value is -1.75. The summed E-state index contributed by atoms with van der Waals surface area (Å²) in [5, 5.41) is 13.7. The molecule has 1 amide bonds. The van der Waals surface area contributed by atoms with Crippen LogP contribution in [0.3, 0.4) is 0 Å². The predicted octanol–water partition coefficient (Wildman–Crippen LogP) is 4.20. The predicted molar refractivity (Wildman–Crippen MR) is 80.1 cm³/mol. The zero-order chi connectivity index (χ0) is 14.7. The number of para-hydroxylation sites is 2. The van der Waals surface area contributed by atoms with E-state index in [0.29, 0.717) is 32.0 Å². The average molecular weight is 311 g/mol. The Labute approximate surface area is 126 Å². The number of nitrogens with one attached hydrogen (secondary N) is 1. The van der Waals surface area contributed by atoms with Crippen molar-refractivity contribution in [3.05, 3.63) is 58.1 Å². The van der Waals surface area contributed by atoms with Gasteiger partial charge in [0.05, 0.1) is 27.0 Å². The van der Waals surface area contributed by atoms with E-state index in [1.807, 2.05) is 0 Å². The highest BCUT2D eigenvalue weighted by molar-refractivity contribution is 6.39. The summed E-state index contributed by atoms with van der Waals surface area (Å²) in [7, 11) is 1.27. The van der Waals surface area contributed by atoms with E-state index in [-0.39, 0.29) is 0 Å². The third-order valence-electron chi connectivity index (χ3n) is 2.67. The lowest BCUT2D eigenvalue weighted by atomic mass is 10.1. The van der Waals surface area contributed by atoms with Crippen LogP contribution in [-0.4, -0.2) is 23.2 Å². The van der Waals surface area contributed by atoms with E-state index in [2.05, 4.69) is 5.32 Å². The monoisotopic (exact) mass is 310 g/mol. The Morgan fingerprint density at radius 1 is 1.10 bits per heavy atom. The van der Waals surface area contributed by atoms with Crippen molar-refractivity contribution < 1.29 is 10.0 Å². The zero-order valence-corrected chi connectivity index (χ0v) is 12.1. The van der Waals surface area contributed by atoms with E-state index in [1.165, 1.54) is 7.05 Å². The van der Waals surface area contributed by atoms with Crippen LogP contribution in [0, 0.1) is 0 Å². The molecule has 0 atom stereocenters. The third-order valence-corrected chi connectivity index (χ3v) is 3.30. The largest absolute Gasteiger partial charge is 0.352 e. The minimum absolute atomic E-state index is 0.313. The molecule has 0 spiro atoms. The van der Waals surface area contributed by atoms with Gasteiger partial charge in [-0.05, 0) is 24.3 Å². The molecule has 0 bridgehead atoms. The Kier molecular flexibility index (Phi) is 4.49. The topological polar surface area (TPSA) is 52.6 Å². The molecule has 20 heavy (non-hydrogen) atoms. The molecule has 0 aromatic heterocycles. The number of hydrogen-bond donors (Lipinski definition) is 2. The highest BCUT2D eigenvalue weighted by Gasteiger charge is 2.15. The lowest BCUT2D eigenvalue weighted by molar-refractivity contribution is -0.0374. The van der Waals surface area contributed by atoms with Crippen molar-refractivity contribution in [3.63, 3.8) is 0 Å². The van der Waals surface area contributed by atoms with Crippen LogP contribution in [0.4, 0.5) is 11.4 Å². The summed E-state index contributed by atoms with van der Waals surface area (Å²) >= 11 is 12.2. The number of benzene rings is 2. The molecular weight excluding hydrogens is 299 g/mol. The number of nitrogens with zero attached hydrogens (tertiary/aromatic N) is 1. The van der Waals surface area contributed by atoms with Gasteiger partial charge in [0.25, 0.3) is 5.91 Å². The Bertz CT molecular complexity index is 625. The van der Waals surface area contributed by atoms with Crippen LogP contribution in [-0.2, 0) is 0 Å². The van der Waals surface area contributed by atoms with Crippen molar-refractivity contribution in [2.45, 2.75) is 0 Å². The van der Waals surface area contributed by atoms with Crippen LogP contribution in [0.5, 0.6) is 0 Å². The summed E-state index contributed by atoms with van der Waals surface area (Å²) < 4.78 is 0. The number of carbonyl (C=O) groups is 1. The number of hydrogen-bond acceptors (Lipinski definition) is 3. The SMILES string of the molecule is CN(O)C(=O)c1ccccc1Nc1c(Cl)cccc1Cl. The van der Waals surface area contributed by atoms with Gasteiger partial charge in [-0.3, -0.25) is 10.0 Å². The Morgan fingerprint density at radius 2 is 1.70 bits per heavy atom. The second-order valence-electron chi connectivity index (χ2n) is 4.10. The first-order valence-electron chi connectivity index (χ1n) is 5.77. The van der Waals surface area contributed by atoms with E-state index >= 15 is 0 Å². The fourth-order valence-electron chi connectivity index (χ4n) is 1.70. The quantitative estimate of drug-likeness (QED) is 0.660. The Morgan fingerprint density at radius 3 is 2.30 bits per heavy atom. The van der Waals surface area contributed by atoms with E-state index in [0.717, 1.165) is 0 Å². The molecule has 4 nitrogen and oxygen atoms in total. The molecule has 6 heteroatoms. The maximum absolute atomic E-state index is 11.9. The third kappa shape index (κ3) is 3.04. The van der Waals surface area contributed by atoms with Gasteiger partial charge in [-0.25, -0.2) is 5.06 Å². The second kappa shape index (κ2) is 6.13. The Balaban J connectivity index is 2.42. The van der Waals surface area contributed by atoms with E-state index in [9.17, 15) is 10.0 Å². The highest BCUT2D eigenvalue weighted by Crippen LogP contribution is 2.33. The molecule has 2 rings (SSSR count). The van der Waals surface area contributed by atoms with E-state index in [1.54, 1.807) is 42.5 Å². The normalized spacial score (nSPS) is 10.2. The van der Waals surface area contributed by atoms with Crippen LogP contribution >= 0.6 is 23.2 Å². The molecule has 0 fully saturated rings. The summed E-state index contributed by atoms with van der Waals surface area (Å²) in [6.45, 7) is 0. The van der Waals surface area contributed by atoms with Gasteiger partial charge in [0.2, 0.25) is 0 Å². The van der Waals surface area contributed by atoms with Crippen LogP contribution in [0.25, 0.3) is 0 Å². The minimum atomic E-state index is -0.531. The maximum atomic E-state index is 11.9. The number of hydroxylamine groups is 2. The maximum Gasteiger partial charge on any atom is 0.279 e. The molecule has 2 aromatic rings. The average Bonchev–Trinajstić information content (AvgIpc) is 2.42. The first kappa shape index (κ1) is 14.7. The van der Waals surface area contributed by atoms with Gasteiger partial charge in [-0.1, -0.05) is 41.4 Å². The van der Waals surface area contributed by atoms with Crippen LogP contribution in [0.1, 0.15) is 10.4 Å². The summed E-state index contributed by atoms with van der Waals surface area (Å²) in [5.74, 6) is -0.531. The van der Waals surface area contributed by atoms with Gasteiger partial charge in [-0.2, -0.15) is 0 Å². The molecule has 0 heterocycles. The first-order valence-corrected chi connectivity index (χ1v) is 6.53. The molecule has 0 aliphatic rings. The van der Waals surface area contributed by atoms with Gasteiger partial charge >= 0.3 is 0 Å². The molecule has 0 unspecified atom stereocenters. The lowest BCUT2D eigenvalue weighted by Crippen LogP contribution is -2.23. The number of rotatable bonds is 3. The van der Waals surface area contributed by atoms with E-state index in [4.69, 9.17) is 23.2 Å². The van der Waals surface area contributed by atoms with E-state index < -0.39 is 5.91 Å². The molecule has 0 aliphatic heterocycles. The summed E-state index contributed by atoms with van der Waals surface area (Å²) in [4.78, 5) is 11.9. The molecule has 2 N–H and O–H groups in total. The first-order chi connectivity index (χ1) is 9.50. The van der Waals surface area contributed by atoms with Crippen molar-refractivity contribution in [2.24, 2.45) is 0 Å². The van der Waals surface area contributed by atoms with Gasteiger partial charge in [0, 0.05) is 7.05 Å². The molecule has 104 valence electrons. The smallest absolute Gasteiger partial charge is 0.279 e. The van der Waals surface area contributed by atoms with Gasteiger partial charge in [0.15, 0.2) is 0 Å². The fraction of sp³-hybridized carbons (Fsp3) is 0.0714. The number of carbonyl (C=O) groups excluding carboxylic acids is 1.